The SMILES string of the molecule is CCc1nnc(CN2CCC(Oc3ccccc3Cl)C2)n1C. The Morgan fingerprint density at radius 2 is 2.05 bits per heavy atom. The van der Waals surface area contributed by atoms with E-state index in [2.05, 4.69) is 26.6 Å². The summed E-state index contributed by atoms with van der Waals surface area (Å²) in [6.45, 7) is 4.80. The molecule has 6 heteroatoms. The van der Waals surface area contributed by atoms with Gasteiger partial charge in [0.1, 0.15) is 23.5 Å². The minimum Gasteiger partial charge on any atom is -0.487 e. The second-order valence-corrected chi connectivity index (χ2v) is 6.05. The van der Waals surface area contributed by atoms with Gasteiger partial charge in [0.15, 0.2) is 0 Å². The number of hydrogen-bond donors (Lipinski definition) is 0. The van der Waals surface area contributed by atoms with E-state index < -0.39 is 0 Å². The summed E-state index contributed by atoms with van der Waals surface area (Å²) >= 11 is 6.15. The number of ether oxygens (including phenoxy) is 1. The fourth-order valence-electron chi connectivity index (χ4n) is 2.80. The van der Waals surface area contributed by atoms with Gasteiger partial charge in [0.05, 0.1) is 11.6 Å². The lowest BCUT2D eigenvalue weighted by Gasteiger charge is -2.17. The van der Waals surface area contributed by atoms with Crippen molar-refractivity contribution in [2.24, 2.45) is 7.05 Å². The smallest absolute Gasteiger partial charge is 0.146 e. The summed E-state index contributed by atoms with van der Waals surface area (Å²) in [5.74, 6) is 2.80. The minimum atomic E-state index is 0.179. The number of aryl methyl sites for hydroxylation is 1. The molecule has 3 rings (SSSR count). The third kappa shape index (κ3) is 3.25. The average molecular weight is 321 g/mol. The highest BCUT2D eigenvalue weighted by Crippen LogP contribution is 2.26. The molecule has 1 saturated heterocycles. The van der Waals surface area contributed by atoms with Crippen LogP contribution in [0.3, 0.4) is 0 Å². The molecule has 1 atom stereocenters. The molecule has 0 radical (unpaired) electrons. The summed E-state index contributed by atoms with van der Waals surface area (Å²) in [7, 11) is 2.03. The largest absolute Gasteiger partial charge is 0.487 e. The number of hydrogen-bond acceptors (Lipinski definition) is 4. The second-order valence-electron chi connectivity index (χ2n) is 5.64. The number of para-hydroxylation sites is 1. The van der Waals surface area contributed by atoms with E-state index in [9.17, 15) is 0 Å². The van der Waals surface area contributed by atoms with Gasteiger partial charge in [-0.1, -0.05) is 30.7 Å². The van der Waals surface area contributed by atoms with Crippen LogP contribution < -0.4 is 4.74 Å². The molecule has 1 unspecified atom stereocenters. The summed E-state index contributed by atoms with van der Waals surface area (Å²) < 4.78 is 8.10. The van der Waals surface area contributed by atoms with Gasteiger partial charge in [-0.15, -0.1) is 10.2 Å². The van der Waals surface area contributed by atoms with Crippen molar-refractivity contribution < 1.29 is 4.74 Å². The zero-order valence-electron chi connectivity index (χ0n) is 13.0. The first-order valence-corrected chi connectivity index (χ1v) is 8.06. The molecular weight excluding hydrogens is 300 g/mol. The van der Waals surface area contributed by atoms with Gasteiger partial charge in [-0.25, -0.2) is 0 Å². The average Bonchev–Trinajstić information content (AvgIpc) is 3.10. The van der Waals surface area contributed by atoms with Crippen molar-refractivity contribution in [1.29, 1.82) is 0 Å². The second kappa shape index (κ2) is 6.67. The Kier molecular flexibility index (Phi) is 4.64. The number of benzene rings is 1. The van der Waals surface area contributed by atoms with Gasteiger partial charge >= 0.3 is 0 Å². The van der Waals surface area contributed by atoms with Gasteiger partial charge in [-0.3, -0.25) is 4.90 Å². The van der Waals surface area contributed by atoms with Crippen LogP contribution in [-0.4, -0.2) is 38.9 Å². The van der Waals surface area contributed by atoms with E-state index >= 15 is 0 Å². The van der Waals surface area contributed by atoms with Crippen LogP contribution in [0.4, 0.5) is 0 Å². The quantitative estimate of drug-likeness (QED) is 0.849. The van der Waals surface area contributed by atoms with Crippen LogP contribution in [0.1, 0.15) is 25.0 Å². The van der Waals surface area contributed by atoms with Crippen LogP contribution >= 0.6 is 11.6 Å². The molecule has 1 aliphatic heterocycles. The molecule has 1 aromatic heterocycles. The standard InChI is InChI=1S/C16H21ClN4O/c1-3-15-18-19-16(20(15)2)11-21-9-8-12(10-21)22-14-7-5-4-6-13(14)17/h4-7,12H,3,8-11H2,1-2H3. The van der Waals surface area contributed by atoms with Gasteiger partial charge in [-0.2, -0.15) is 0 Å². The van der Waals surface area contributed by atoms with Crippen LogP contribution in [0.2, 0.25) is 5.02 Å². The van der Waals surface area contributed by atoms with Crippen LogP contribution in [0.25, 0.3) is 0 Å². The van der Waals surface area contributed by atoms with E-state index in [1.54, 1.807) is 0 Å². The third-order valence-electron chi connectivity index (χ3n) is 4.10. The van der Waals surface area contributed by atoms with Gasteiger partial charge in [0.25, 0.3) is 0 Å². The van der Waals surface area contributed by atoms with Crippen LogP contribution in [0.15, 0.2) is 24.3 Å². The number of rotatable bonds is 5. The summed E-state index contributed by atoms with van der Waals surface area (Å²) in [6.07, 6.45) is 2.09. The van der Waals surface area contributed by atoms with Gasteiger partial charge in [0, 0.05) is 26.6 Å². The Labute approximate surface area is 135 Å². The molecule has 0 saturated carbocycles. The number of nitrogens with zero attached hydrogens (tertiary/aromatic N) is 4. The van der Waals surface area contributed by atoms with Crippen LogP contribution in [0.5, 0.6) is 5.75 Å². The first-order valence-electron chi connectivity index (χ1n) is 7.68. The predicted octanol–water partition coefficient (Wildman–Crippen LogP) is 2.68. The Balaban J connectivity index is 1.58. The number of aromatic nitrogens is 3. The van der Waals surface area contributed by atoms with Crippen molar-refractivity contribution in [3.05, 3.63) is 40.9 Å². The Morgan fingerprint density at radius 1 is 1.27 bits per heavy atom. The number of likely N-dealkylation sites (tertiary alicyclic amines) is 1. The highest BCUT2D eigenvalue weighted by Gasteiger charge is 2.25. The Morgan fingerprint density at radius 3 is 2.77 bits per heavy atom. The van der Waals surface area contributed by atoms with Crippen molar-refractivity contribution in [2.75, 3.05) is 13.1 Å². The molecule has 1 aliphatic rings. The van der Waals surface area contributed by atoms with E-state index in [4.69, 9.17) is 16.3 Å². The van der Waals surface area contributed by atoms with Gasteiger partial charge in [-0.05, 0) is 18.6 Å². The van der Waals surface area contributed by atoms with E-state index in [1.807, 2.05) is 31.3 Å². The topological polar surface area (TPSA) is 43.2 Å². The molecule has 0 N–H and O–H groups in total. The lowest BCUT2D eigenvalue weighted by Crippen LogP contribution is -2.26. The van der Waals surface area contributed by atoms with Gasteiger partial charge < -0.3 is 9.30 Å². The van der Waals surface area contributed by atoms with Crippen LogP contribution in [-0.2, 0) is 20.0 Å². The predicted molar refractivity (Wildman–Crippen MR) is 86.1 cm³/mol. The highest BCUT2D eigenvalue weighted by atomic mass is 35.5. The van der Waals surface area contributed by atoms with E-state index in [0.717, 1.165) is 49.9 Å². The number of halogens is 1. The van der Waals surface area contributed by atoms with Crippen molar-refractivity contribution in [3.8, 4) is 5.75 Å². The fraction of sp³-hybridized carbons (Fsp3) is 0.500. The lowest BCUT2D eigenvalue weighted by molar-refractivity contribution is 0.197. The van der Waals surface area contributed by atoms with E-state index in [0.29, 0.717) is 5.02 Å². The molecule has 0 aliphatic carbocycles. The summed E-state index contributed by atoms with van der Waals surface area (Å²) in [4.78, 5) is 2.35. The Hall–Kier alpha value is -1.59. The van der Waals surface area contributed by atoms with E-state index in [1.165, 1.54) is 0 Å². The van der Waals surface area contributed by atoms with Crippen molar-refractivity contribution >= 4 is 11.6 Å². The maximum atomic E-state index is 6.15. The summed E-state index contributed by atoms with van der Waals surface area (Å²) in [6, 6.07) is 7.63. The molecule has 118 valence electrons. The molecule has 1 fully saturated rings. The molecule has 0 amide bonds. The molecule has 2 aromatic rings. The first-order chi connectivity index (χ1) is 10.7. The van der Waals surface area contributed by atoms with Crippen LogP contribution in [0, 0.1) is 0 Å². The zero-order chi connectivity index (χ0) is 15.5. The first kappa shape index (κ1) is 15.3. The van der Waals surface area contributed by atoms with Crippen molar-refractivity contribution in [2.45, 2.75) is 32.4 Å². The summed E-state index contributed by atoms with van der Waals surface area (Å²) in [5.41, 5.74) is 0. The monoisotopic (exact) mass is 320 g/mol. The third-order valence-corrected chi connectivity index (χ3v) is 4.41. The molecule has 1 aromatic carbocycles. The molecule has 0 bridgehead atoms. The summed E-state index contributed by atoms with van der Waals surface area (Å²) in [5, 5.41) is 9.16. The molecule has 0 spiro atoms. The normalized spacial score (nSPS) is 18.8. The molecular formula is C16H21ClN4O. The van der Waals surface area contributed by atoms with Crippen molar-refractivity contribution in [3.63, 3.8) is 0 Å². The molecule has 5 nitrogen and oxygen atoms in total. The van der Waals surface area contributed by atoms with E-state index in [-0.39, 0.29) is 6.10 Å². The Bertz CT molecular complexity index is 643. The lowest BCUT2D eigenvalue weighted by atomic mass is 10.3. The maximum Gasteiger partial charge on any atom is 0.146 e. The maximum absolute atomic E-state index is 6.15. The highest BCUT2D eigenvalue weighted by molar-refractivity contribution is 6.32. The molecule has 22 heavy (non-hydrogen) atoms. The van der Waals surface area contributed by atoms with Crippen molar-refractivity contribution in [1.82, 2.24) is 19.7 Å². The fourth-order valence-corrected chi connectivity index (χ4v) is 2.98. The molecule has 2 heterocycles. The zero-order valence-corrected chi connectivity index (χ0v) is 13.8. The minimum absolute atomic E-state index is 0.179. The van der Waals surface area contributed by atoms with Gasteiger partial charge in [0.2, 0.25) is 0 Å².